The standard InChI is InChI=1S/C23H29N3O3/c1-14-12-17(8-9-19(14)15(2)25-22(28)29-23(3,4)5)18-10-11-24-20(13-18)26-21(27)16-6-7-16/h8-13,15-16H,6-7H2,1-5H3,(H,25,28)(H,24,26,27)/t15-/m1/s1. The summed E-state index contributed by atoms with van der Waals surface area (Å²) in [4.78, 5) is 28.3. The molecule has 1 aliphatic carbocycles. The van der Waals surface area contributed by atoms with E-state index in [1.165, 1.54) is 0 Å². The van der Waals surface area contributed by atoms with Crippen LogP contribution in [0.1, 0.15) is 57.7 Å². The number of ether oxygens (including phenoxy) is 1. The summed E-state index contributed by atoms with van der Waals surface area (Å²) in [6.45, 7) is 9.47. The molecule has 154 valence electrons. The fraction of sp³-hybridized carbons (Fsp3) is 0.435. The molecule has 0 saturated heterocycles. The highest BCUT2D eigenvalue weighted by atomic mass is 16.6. The summed E-state index contributed by atoms with van der Waals surface area (Å²) in [5.74, 6) is 0.755. The third-order valence-corrected chi connectivity index (χ3v) is 4.76. The topological polar surface area (TPSA) is 80.3 Å². The SMILES string of the molecule is Cc1cc(-c2ccnc(NC(=O)C3CC3)c2)ccc1[C@@H](C)NC(=O)OC(C)(C)C. The molecule has 1 aromatic heterocycles. The average Bonchev–Trinajstić information content (AvgIpc) is 3.45. The Morgan fingerprint density at radius 1 is 1.14 bits per heavy atom. The van der Waals surface area contributed by atoms with Gasteiger partial charge in [-0.15, -0.1) is 0 Å². The third-order valence-electron chi connectivity index (χ3n) is 4.76. The van der Waals surface area contributed by atoms with Gasteiger partial charge in [-0.1, -0.05) is 18.2 Å². The number of nitrogens with one attached hydrogen (secondary N) is 2. The molecule has 2 aromatic rings. The highest BCUT2D eigenvalue weighted by Gasteiger charge is 2.29. The van der Waals surface area contributed by atoms with Crippen molar-refractivity contribution in [1.82, 2.24) is 10.3 Å². The molecule has 6 nitrogen and oxygen atoms in total. The van der Waals surface area contributed by atoms with Crippen LogP contribution in [0.4, 0.5) is 10.6 Å². The molecular formula is C23H29N3O3. The normalized spacial score (nSPS) is 14.8. The minimum atomic E-state index is -0.531. The summed E-state index contributed by atoms with van der Waals surface area (Å²) < 4.78 is 5.34. The van der Waals surface area contributed by atoms with Crippen molar-refractivity contribution in [3.63, 3.8) is 0 Å². The Hall–Kier alpha value is -2.89. The zero-order chi connectivity index (χ0) is 21.2. The lowest BCUT2D eigenvalue weighted by atomic mass is 9.97. The van der Waals surface area contributed by atoms with Gasteiger partial charge in [-0.2, -0.15) is 0 Å². The van der Waals surface area contributed by atoms with Crippen LogP contribution in [0.3, 0.4) is 0 Å². The number of hydrogen-bond donors (Lipinski definition) is 2. The van der Waals surface area contributed by atoms with E-state index in [0.717, 1.165) is 35.1 Å². The smallest absolute Gasteiger partial charge is 0.408 e. The first-order chi connectivity index (χ1) is 13.6. The van der Waals surface area contributed by atoms with Crippen molar-refractivity contribution in [3.05, 3.63) is 47.7 Å². The molecule has 2 amide bonds. The highest BCUT2D eigenvalue weighted by Crippen LogP contribution is 2.31. The Labute approximate surface area is 172 Å². The van der Waals surface area contributed by atoms with Crippen LogP contribution in [0.25, 0.3) is 11.1 Å². The summed E-state index contributed by atoms with van der Waals surface area (Å²) in [5.41, 5.74) is 3.56. The van der Waals surface area contributed by atoms with Crippen LogP contribution in [0.5, 0.6) is 0 Å². The first kappa shape index (κ1) is 20.8. The second kappa shape index (κ2) is 8.23. The van der Waals surface area contributed by atoms with Gasteiger partial charge in [-0.05, 0) is 81.8 Å². The van der Waals surface area contributed by atoms with Gasteiger partial charge in [0.25, 0.3) is 0 Å². The zero-order valence-electron chi connectivity index (χ0n) is 17.7. The molecule has 29 heavy (non-hydrogen) atoms. The van der Waals surface area contributed by atoms with Crippen molar-refractivity contribution in [2.24, 2.45) is 5.92 Å². The lowest BCUT2D eigenvalue weighted by molar-refractivity contribution is -0.117. The third kappa shape index (κ3) is 5.79. The summed E-state index contributed by atoms with van der Waals surface area (Å²) in [6, 6.07) is 9.72. The molecular weight excluding hydrogens is 366 g/mol. The molecule has 3 rings (SSSR count). The van der Waals surface area contributed by atoms with Crippen molar-refractivity contribution in [2.75, 3.05) is 5.32 Å². The Balaban J connectivity index is 1.72. The van der Waals surface area contributed by atoms with E-state index in [1.54, 1.807) is 6.20 Å². The maximum Gasteiger partial charge on any atom is 0.408 e. The number of amides is 2. The summed E-state index contributed by atoms with van der Waals surface area (Å²) in [5, 5.41) is 5.77. The van der Waals surface area contributed by atoms with Crippen molar-refractivity contribution in [3.8, 4) is 11.1 Å². The molecule has 1 aliphatic rings. The molecule has 0 aliphatic heterocycles. The minimum Gasteiger partial charge on any atom is -0.444 e. The second-order valence-electron chi connectivity index (χ2n) is 8.63. The van der Waals surface area contributed by atoms with E-state index in [2.05, 4.69) is 21.7 Å². The van der Waals surface area contributed by atoms with Gasteiger partial charge in [0, 0.05) is 12.1 Å². The van der Waals surface area contributed by atoms with Crippen LogP contribution in [0, 0.1) is 12.8 Å². The number of nitrogens with zero attached hydrogens (tertiary/aromatic N) is 1. The first-order valence-electron chi connectivity index (χ1n) is 10.00. The Kier molecular flexibility index (Phi) is 5.91. The summed E-state index contributed by atoms with van der Waals surface area (Å²) >= 11 is 0. The van der Waals surface area contributed by atoms with Gasteiger partial charge < -0.3 is 15.4 Å². The van der Waals surface area contributed by atoms with E-state index >= 15 is 0 Å². The molecule has 0 bridgehead atoms. The molecule has 1 saturated carbocycles. The molecule has 2 N–H and O–H groups in total. The van der Waals surface area contributed by atoms with Crippen molar-refractivity contribution < 1.29 is 14.3 Å². The maximum atomic E-state index is 12.0. The molecule has 1 heterocycles. The van der Waals surface area contributed by atoms with Gasteiger partial charge in [0.1, 0.15) is 11.4 Å². The highest BCUT2D eigenvalue weighted by molar-refractivity contribution is 5.93. The van der Waals surface area contributed by atoms with Crippen molar-refractivity contribution >= 4 is 17.8 Å². The number of carbonyl (C=O) groups is 2. The minimum absolute atomic E-state index is 0.0446. The summed E-state index contributed by atoms with van der Waals surface area (Å²) in [6.07, 6.45) is 3.19. The largest absolute Gasteiger partial charge is 0.444 e. The molecule has 1 aromatic carbocycles. The van der Waals surface area contributed by atoms with E-state index in [0.29, 0.717) is 5.82 Å². The van der Waals surface area contributed by atoms with Gasteiger partial charge >= 0.3 is 6.09 Å². The molecule has 6 heteroatoms. The van der Waals surface area contributed by atoms with Crippen molar-refractivity contribution in [2.45, 2.75) is 59.1 Å². The number of rotatable bonds is 5. The van der Waals surface area contributed by atoms with E-state index < -0.39 is 11.7 Å². The molecule has 0 spiro atoms. The predicted octanol–water partition coefficient (Wildman–Crippen LogP) is 4.99. The molecule has 0 unspecified atom stereocenters. The maximum absolute atomic E-state index is 12.0. The number of benzene rings is 1. The quantitative estimate of drug-likeness (QED) is 0.747. The lowest BCUT2D eigenvalue weighted by Gasteiger charge is -2.23. The molecule has 1 fully saturated rings. The van der Waals surface area contributed by atoms with Gasteiger partial charge in [-0.25, -0.2) is 9.78 Å². The fourth-order valence-corrected chi connectivity index (χ4v) is 3.16. The van der Waals surface area contributed by atoms with Gasteiger partial charge in [0.15, 0.2) is 0 Å². The van der Waals surface area contributed by atoms with Crippen LogP contribution < -0.4 is 10.6 Å². The second-order valence-corrected chi connectivity index (χ2v) is 8.63. The molecule has 1 atom stereocenters. The van der Waals surface area contributed by atoms with Gasteiger partial charge in [0.2, 0.25) is 5.91 Å². The van der Waals surface area contributed by atoms with Crippen LogP contribution in [0.15, 0.2) is 36.5 Å². The monoisotopic (exact) mass is 395 g/mol. The lowest BCUT2D eigenvalue weighted by Crippen LogP contribution is -2.34. The van der Waals surface area contributed by atoms with E-state index in [1.807, 2.05) is 58.9 Å². The number of alkyl carbamates (subject to hydrolysis) is 1. The van der Waals surface area contributed by atoms with Crippen LogP contribution in [0.2, 0.25) is 0 Å². The van der Waals surface area contributed by atoms with Crippen LogP contribution in [-0.4, -0.2) is 22.6 Å². The van der Waals surface area contributed by atoms with E-state index in [-0.39, 0.29) is 17.9 Å². The number of pyridine rings is 1. The van der Waals surface area contributed by atoms with Crippen molar-refractivity contribution in [1.29, 1.82) is 0 Å². The predicted molar refractivity (Wildman–Crippen MR) is 114 cm³/mol. The fourth-order valence-electron chi connectivity index (χ4n) is 3.16. The summed E-state index contributed by atoms with van der Waals surface area (Å²) in [7, 11) is 0. The van der Waals surface area contributed by atoms with Gasteiger partial charge in [-0.3, -0.25) is 4.79 Å². The number of hydrogen-bond acceptors (Lipinski definition) is 4. The number of carbonyl (C=O) groups excluding carboxylic acids is 2. The molecule has 0 radical (unpaired) electrons. The Morgan fingerprint density at radius 3 is 2.45 bits per heavy atom. The Bertz CT molecular complexity index is 914. The van der Waals surface area contributed by atoms with Crippen LogP contribution in [-0.2, 0) is 9.53 Å². The number of anilines is 1. The number of aryl methyl sites for hydroxylation is 1. The zero-order valence-corrected chi connectivity index (χ0v) is 17.7. The number of aromatic nitrogens is 1. The van der Waals surface area contributed by atoms with E-state index in [4.69, 9.17) is 4.74 Å². The average molecular weight is 396 g/mol. The van der Waals surface area contributed by atoms with E-state index in [9.17, 15) is 9.59 Å². The van der Waals surface area contributed by atoms with Crippen LogP contribution >= 0.6 is 0 Å². The Morgan fingerprint density at radius 2 is 1.83 bits per heavy atom. The van der Waals surface area contributed by atoms with Gasteiger partial charge in [0.05, 0.1) is 6.04 Å². The first-order valence-corrected chi connectivity index (χ1v) is 10.00.